The molecule has 0 aromatic heterocycles. The highest BCUT2D eigenvalue weighted by atomic mass is 16.1. The number of piperidine rings is 1. The van der Waals surface area contributed by atoms with E-state index in [9.17, 15) is 4.79 Å². The summed E-state index contributed by atoms with van der Waals surface area (Å²) >= 11 is 0. The fourth-order valence-corrected chi connectivity index (χ4v) is 3.69. The molecule has 3 N–H and O–H groups in total. The van der Waals surface area contributed by atoms with Crippen LogP contribution in [0.2, 0.25) is 0 Å². The van der Waals surface area contributed by atoms with Gasteiger partial charge in [0.25, 0.3) is 0 Å². The first-order chi connectivity index (χ1) is 9.81. The molecule has 1 aliphatic heterocycles. The van der Waals surface area contributed by atoms with Crippen LogP contribution in [0, 0.1) is 5.92 Å². The summed E-state index contributed by atoms with van der Waals surface area (Å²) in [5.74, 6) is 0.957. The van der Waals surface area contributed by atoms with E-state index in [1.165, 1.54) is 45.1 Å². The minimum Gasteiger partial charge on any atom is -0.356 e. The molecule has 4 heteroatoms. The third kappa shape index (κ3) is 4.74. The number of rotatable bonds is 7. The van der Waals surface area contributed by atoms with Crippen LogP contribution in [-0.4, -0.2) is 37.6 Å². The van der Waals surface area contributed by atoms with Crippen LogP contribution < -0.4 is 16.0 Å². The standard InChI is InChI=1S/C16H31N3O/c1-2-10-19-16(20)9-12-18-15-8-5-6-13(15)14-7-3-4-11-17-14/h13-15,17-18H,2-12H2,1H3,(H,19,20). The van der Waals surface area contributed by atoms with Crippen molar-refractivity contribution in [2.24, 2.45) is 5.92 Å². The Kier molecular flexibility index (Phi) is 6.80. The molecule has 0 spiro atoms. The van der Waals surface area contributed by atoms with Crippen molar-refractivity contribution in [2.75, 3.05) is 19.6 Å². The Bertz CT molecular complexity index is 289. The zero-order valence-electron chi connectivity index (χ0n) is 12.9. The predicted molar refractivity (Wildman–Crippen MR) is 82.7 cm³/mol. The lowest BCUT2D eigenvalue weighted by Crippen LogP contribution is -2.47. The van der Waals surface area contributed by atoms with Crippen LogP contribution in [0.4, 0.5) is 0 Å². The second-order valence-corrected chi connectivity index (χ2v) is 6.31. The van der Waals surface area contributed by atoms with Gasteiger partial charge in [0.05, 0.1) is 0 Å². The average Bonchev–Trinajstić information content (AvgIpc) is 2.94. The van der Waals surface area contributed by atoms with E-state index in [-0.39, 0.29) is 5.91 Å². The van der Waals surface area contributed by atoms with Crippen molar-refractivity contribution in [2.45, 2.75) is 70.4 Å². The third-order valence-electron chi connectivity index (χ3n) is 4.77. The maximum Gasteiger partial charge on any atom is 0.221 e. The first-order valence-corrected chi connectivity index (χ1v) is 8.54. The average molecular weight is 281 g/mol. The summed E-state index contributed by atoms with van der Waals surface area (Å²) in [6.07, 6.45) is 9.62. The van der Waals surface area contributed by atoms with Gasteiger partial charge in [-0.2, -0.15) is 0 Å². The van der Waals surface area contributed by atoms with E-state index in [4.69, 9.17) is 0 Å². The number of carbonyl (C=O) groups excluding carboxylic acids is 1. The summed E-state index contributed by atoms with van der Waals surface area (Å²) < 4.78 is 0. The van der Waals surface area contributed by atoms with Crippen LogP contribution >= 0.6 is 0 Å². The monoisotopic (exact) mass is 281 g/mol. The molecule has 3 unspecified atom stereocenters. The highest BCUT2D eigenvalue weighted by Gasteiger charge is 2.33. The van der Waals surface area contributed by atoms with Crippen molar-refractivity contribution >= 4 is 5.91 Å². The second-order valence-electron chi connectivity index (χ2n) is 6.31. The summed E-state index contributed by atoms with van der Waals surface area (Å²) in [4.78, 5) is 11.6. The van der Waals surface area contributed by atoms with Crippen LogP contribution in [0.5, 0.6) is 0 Å². The second kappa shape index (κ2) is 8.63. The van der Waals surface area contributed by atoms with E-state index < -0.39 is 0 Å². The number of amides is 1. The fraction of sp³-hybridized carbons (Fsp3) is 0.938. The summed E-state index contributed by atoms with van der Waals surface area (Å²) in [5, 5.41) is 10.3. The highest BCUT2D eigenvalue weighted by molar-refractivity contribution is 5.75. The van der Waals surface area contributed by atoms with Crippen molar-refractivity contribution in [1.82, 2.24) is 16.0 Å². The van der Waals surface area contributed by atoms with Gasteiger partial charge in [-0.3, -0.25) is 4.79 Å². The molecule has 1 aliphatic carbocycles. The summed E-state index contributed by atoms with van der Waals surface area (Å²) in [5.41, 5.74) is 0. The molecule has 3 atom stereocenters. The molecule has 20 heavy (non-hydrogen) atoms. The van der Waals surface area contributed by atoms with Gasteiger partial charge in [-0.05, 0) is 44.6 Å². The third-order valence-corrected chi connectivity index (χ3v) is 4.77. The van der Waals surface area contributed by atoms with E-state index in [0.29, 0.717) is 18.5 Å². The van der Waals surface area contributed by atoms with Gasteiger partial charge >= 0.3 is 0 Å². The Morgan fingerprint density at radius 1 is 1.15 bits per heavy atom. The molecule has 1 saturated carbocycles. The Morgan fingerprint density at radius 2 is 2.05 bits per heavy atom. The van der Waals surface area contributed by atoms with E-state index >= 15 is 0 Å². The van der Waals surface area contributed by atoms with Crippen LogP contribution in [0.15, 0.2) is 0 Å². The summed E-state index contributed by atoms with van der Waals surface area (Å²) in [7, 11) is 0. The largest absolute Gasteiger partial charge is 0.356 e. The lowest BCUT2D eigenvalue weighted by molar-refractivity contribution is -0.121. The lowest BCUT2D eigenvalue weighted by atomic mass is 9.88. The molecule has 4 nitrogen and oxygen atoms in total. The van der Waals surface area contributed by atoms with Crippen LogP contribution in [0.25, 0.3) is 0 Å². The topological polar surface area (TPSA) is 53.2 Å². The van der Waals surface area contributed by atoms with E-state index in [1.807, 2.05) is 0 Å². The minimum absolute atomic E-state index is 0.185. The molecule has 2 fully saturated rings. The molecule has 0 aromatic carbocycles. The SMILES string of the molecule is CCCNC(=O)CCNC1CCCC1C1CCCCN1. The molecule has 116 valence electrons. The fourth-order valence-electron chi connectivity index (χ4n) is 3.69. The molecular weight excluding hydrogens is 250 g/mol. The molecule has 1 saturated heterocycles. The van der Waals surface area contributed by atoms with Crippen LogP contribution in [-0.2, 0) is 4.79 Å². The molecule has 0 radical (unpaired) electrons. The van der Waals surface area contributed by atoms with Gasteiger partial charge in [0.2, 0.25) is 5.91 Å². The van der Waals surface area contributed by atoms with Gasteiger partial charge in [0.15, 0.2) is 0 Å². The molecular formula is C16H31N3O. The highest BCUT2D eigenvalue weighted by Crippen LogP contribution is 2.31. The molecule has 0 bridgehead atoms. The Hall–Kier alpha value is -0.610. The minimum atomic E-state index is 0.185. The number of nitrogens with one attached hydrogen (secondary N) is 3. The van der Waals surface area contributed by atoms with Crippen LogP contribution in [0.3, 0.4) is 0 Å². The van der Waals surface area contributed by atoms with E-state index in [0.717, 1.165) is 25.4 Å². The van der Waals surface area contributed by atoms with E-state index in [2.05, 4.69) is 22.9 Å². The molecule has 1 amide bonds. The van der Waals surface area contributed by atoms with Gasteiger partial charge in [0, 0.05) is 31.6 Å². The number of hydrogen-bond donors (Lipinski definition) is 3. The maximum absolute atomic E-state index is 11.6. The maximum atomic E-state index is 11.6. The quantitative estimate of drug-likeness (QED) is 0.667. The molecule has 1 heterocycles. The van der Waals surface area contributed by atoms with Crippen LogP contribution in [0.1, 0.15) is 58.3 Å². The number of hydrogen-bond acceptors (Lipinski definition) is 3. The summed E-state index contributed by atoms with van der Waals surface area (Å²) in [6.45, 7) is 4.90. The Balaban J connectivity index is 1.67. The lowest BCUT2D eigenvalue weighted by Gasteiger charge is -2.33. The first-order valence-electron chi connectivity index (χ1n) is 8.54. The van der Waals surface area contributed by atoms with Crippen molar-refractivity contribution in [3.8, 4) is 0 Å². The molecule has 2 rings (SSSR count). The molecule has 0 aromatic rings. The van der Waals surface area contributed by atoms with Crippen molar-refractivity contribution in [1.29, 1.82) is 0 Å². The van der Waals surface area contributed by atoms with E-state index in [1.54, 1.807) is 0 Å². The normalized spacial score (nSPS) is 30.4. The van der Waals surface area contributed by atoms with Crippen molar-refractivity contribution in [3.63, 3.8) is 0 Å². The zero-order chi connectivity index (χ0) is 14.2. The van der Waals surface area contributed by atoms with Gasteiger partial charge < -0.3 is 16.0 Å². The van der Waals surface area contributed by atoms with Gasteiger partial charge in [-0.15, -0.1) is 0 Å². The van der Waals surface area contributed by atoms with Crippen molar-refractivity contribution < 1.29 is 4.79 Å². The smallest absolute Gasteiger partial charge is 0.221 e. The summed E-state index contributed by atoms with van der Waals surface area (Å²) in [6, 6.07) is 1.32. The number of carbonyl (C=O) groups is 1. The zero-order valence-corrected chi connectivity index (χ0v) is 12.9. The Morgan fingerprint density at radius 3 is 2.80 bits per heavy atom. The molecule has 2 aliphatic rings. The Labute approximate surface area is 123 Å². The first kappa shape index (κ1) is 15.8. The predicted octanol–water partition coefficient (Wildman–Crippen LogP) is 1.80. The van der Waals surface area contributed by atoms with Gasteiger partial charge in [-0.1, -0.05) is 19.8 Å². The van der Waals surface area contributed by atoms with Gasteiger partial charge in [0.1, 0.15) is 0 Å². The van der Waals surface area contributed by atoms with Gasteiger partial charge in [-0.25, -0.2) is 0 Å². The van der Waals surface area contributed by atoms with Crippen molar-refractivity contribution in [3.05, 3.63) is 0 Å².